The van der Waals surface area contributed by atoms with Crippen molar-refractivity contribution in [2.75, 3.05) is 0 Å². The van der Waals surface area contributed by atoms with Gasteiger partial charge in [-0.25, -0.2) is 8.42 Å². The van der Waals surface area contributed by atoms with E-state index in [4.69, 9.17) is 0 Å². The zero-order valence-electron chi connectivity index (χ0n) is 14.5. The lowest BCUT2D eigenvalue weighted by Crippen LogP contribution is -2.35. The average Bonchev–Trinajstić information content (AvgIpc) is 3.03. The van der Waals surface area contributed by atoms with E-state index >= 15 is 0 Å². The second kappa shape index (κ2) is 6.93. The van der Waals surface area contributed by atoms with Gasteiger partial charge < -0.3 is 0 Å². The highest BCUT2D eigenvalue weighted by Crippen LogP contribution is 2.46. The Morgan fingerprint density at radius 1 is 0.880 bits per heavy atom. The maximum absolute atomic E-state index is 13.2. The molecule has 0 amide bonds. The van der Waals surface area contributed by atoms with Gasteiger partial charge in [-0.2, -0.15) is 4.31 Å². The summed E-state index contributed by atoms with van der Waals surface area (Å²) >= 11 is 0. The van der Waals surface area contributed by atoms with Gasteiger partial charge in [-0.15, -0.1) is 0 Å². The molecule has 1 fully saturated rings. The molecular formula is C21H25NO2S. The van der Waals surface area contributed by atoms with Crippen LogP contribution in [0, 0.1) is 5.92 Å². The monoisotopic (exact) mass is 355 g/mol. The minimum Gasteiger partial charge on any atom is -0.212 e. The second-order valence-corrected chi connectivity index (χ2v) is 9.25. The number of benzene rings is 2. The van der Waals surface area contributed by atoms with E-state index in [0.29, 0.717) is 12.5 Å². The van der Waals surface area contributed by atoms with Crippen molar-refractivity contribution in [1.29, 1.82) is 0 Å². The molecule has 3 nitrogen and oxygen atoms in total. The molecule has 132 valence electrons. The highest BCUT2D eigenvalue weighted by Gasteiger charge is 2.42. The first kappa shape index (κ1) is 16.8. The minimum atomic E-state index is -3.35. The van der Waals surface area contributed by atoms with Crippen LogP contribution < -0.4 is 0 Å². The summed E-state index contributed by atoms with van der Waals surface area (Å²) in [5.74, 6) is 0.536. The van der Waals surface area contributed by atoms with Gasteiger partial charge in [0.2, 0.25) is 10.0 Å². The highest BCUT2D eigenvalue weighted by atomic mass is 32.2. The maximum atomic E-state index is 13.2. The number of hydrogen-bond donors (Lipinski definition) is 0. The maximum Gasteiger partial charge on any atom is 0.219 e. The van der Waals surface area contributed by atoms with Crippen LogP contribution in [0.15, 0.2) is 54.6 Å². The molecule has 25 heavy (non-hydrogen) atoms. The van der Waals surface area contributed by atoms with Gasteiger partial charge in [-0.3, -0.25) is 0 Å². The molecule has 0 spiro atoms. The van der Waals surface area contributed by atoms with Crippen LogP contribution in [-0.4, -0.2) is 12.7 Å². The van der Waals surface area contributed by atoms with E-state index in [0.717, 1.165) is 18.4 Å². The third kappa shape index (κ3) is 3.38. The smallest absolute Gasteiger partial charge is 0.212 e. The summed E-state index contributed by atoms with van der Waals surface area (Å²) in [6.45, 7) is 0.520. The van der Waals surface area contributed by atoms with Crippen molar-refractivity contribution in [3.8, 4) is 0 Å². The van der Waals surface area contributed by atoms with Crippen LogP contribution in [-0.2, 0) is 22.3 Å². The Hall–Kier alpha value is -1.65. The summed E-state index contributed by atoms with van der Waals surface area (Å²) in [6.07, 6.45) is 5.99. The Balaban J connectivity index is 1.67. The van der Waals surface area contributed by atoms with Crippen molar-refractivity contribution in [2.24, 2.45) is 5.92 Å². The van der Waals surface area contributed by atoms with Gasteiger partial charge in [0.05, 0.1) is 11.8 Å². The summed E-state index contributed by atoms with van der Waals surface area (Å²) in [4.78, 5) is 0. The normalized spacial score (nSPS) is 22.0. The second-order valence-electron chi connectivity index (χ2n) is 7.33. The summed E-state index contributed by atoms with van der Waals surface area (Å²) in [5.41, 5.74) is 3.27. The number of fused-ring (bicyclic) bond motifs is 1. The van der Waals surface area contributed by atoms with Crippen molar-refractivity contribution in [2.45, 2.75) is 50.4 Å². The van der Waals surface area contributed by atoms with Gasteiger partial charge in [0, 0.05) is 6.54 Å². The van der Waals surface area contributed by atoms with Crippen LogP contribution in [0.2, 0.25) is 0 Å². The van der Waals surface area contributed by atoms with Crippen molar-refractivity contribution >= 4 is 10.0 Å². The molecule has 1 aliphatic heterocycles. The SMILES string of the molecule is O=S(=O)(Cc1ccccc1)N1Cc2ccccc2C1C1CCCCC1. The van der Waals surface area contributed by atoms with Crippen LogP contribution in [0.4, 0.5) is 0 Å². The predicted octanol–water partition coefficient (Wildman–Crippen LogP) is 4.65. The number of nitrogens with zero attached hydrogens (tertiary/aromatic N) is 1. The van der Waals surface area contributed by atoms with E-state index in [-0.39, 0.29) is 11.8 Å². The molecule has 2 aliphatic rings. The van der Waals surface area contributed by atoms with Gasteiger partial charge in [-0.1, -0.05) is 73.9 Å². The lowest BCUT2D eigenvalue weighted by atomic mass is 9.81. The molecule has 2 aromatic carbocycles. The molecule has 0 bridgehead atoms. The lowest BCUT2D eigenvalue weighted by Gasteiger charge is -2.34. The average molecular weight is 356 g/mol. The van der Waals surface area contributed by atoms with Crippen LogP contribution in [0.25, 0.3) is 0 Å². The highest BCUT2D eigenvalue weighted by molar-refractivity contribution is 7.88. The van der Waals surface area contributed by atoms with Crippen molar-refractivity contribution in [3.05, 3.63) is 71.3 Å². The Kier molecular flexibility index (Phi) is 4.65. The van der Waals surface area contributed by atoms with E-state index < -0.39 is 10.0 Å². The summed E-state index contributed by atoms with van der Waals surface area (Å²) in [7, 11) is -3.35. The fourth-order valence-electron chi connectivity index (χ4n) is 4.47. The van der Waals surface area contributed by atoms with E-state index in [9.17, 15) is 8.42 Å². The molecule has 0 N–H and O–H groups in total. The number of hydrogen-bond acceptors (Lipinski definition) is 2. The first-order chi connectivity index (χ1) is 12.1. The Morgan fingerprint density at radius 2 is 1.56 bits per heavy atom. The van der Waals surface area contributed by atoms with Gasteiger partial charge in [0.25, 0.3) is 0 Å². The fraction of sp³-hybridized carbons (Fsp3) is 0.429. The number of sulfonamides is 1. The molecule has 1 aliphatic carbocycles. The molecule has 1 atom stereocenters. The third-order valence-corrected chi connectivity index (χ3v) is 7.42. The van der Waals surface area contributed by atoms with E-state index in [1.165, 1.54) is 30.4 Å². The van der Waals surface area contributed by atoms with Gasteiger partial charge in [0.15, 0.2) is 0 Å². The Morgan fingerprint density at radius 3 is 2.32 bits per heavy atom. The van der Waals surface area contributed by atoms with Crippen molar-refractivity contribution in [1.82, 2.24) is 4.31 Å². The quantitative estimate of drug-likeness (QED) is 0.800. The first-order valence-corrected chi connectivity index (χ1v) is 10.9. The molecule has 2 aromatic rings. The summed E-state index contributed by atoms with van der Waals surface area (Å²) in [6, 6.07) is 17.8. The van der Waals surface area contributed by atoms with Crippen LogP contribution in [0.3, 0.4) is 0 Å². The third-order valence-electron chi connectivity index (χ3n) is 5.66. The van der Waals surface area contributed by atoms with Gasteiger partial charge in [-0.05, 0) is 35.4 Å². The van der Waals surface area contributed by atoms with Crippen molar-refractivity contribution < 1.29 is 8.42 Å². The Bertz CT molecular complexity index is 826. The Labute approximate surface area is 150 Å². The van der Waals surface area contributed by atoms with Gasteiger partial charge in [0.1, 0.15) is 0 Å². The fourth-order valence-corrected chi connectivity index (χ4v) is 6.21. The largest absolute Gasteiger partial charge is 0.219 e. The minimum absolute atomic E-state index is 0.0187. The zero-order chi connectivity index (χ0) is 17.3. The molecule has 1 unspecified atom stereocenters. The molecule has 4 heteroatoms. The summed E-state index contributed by atoms with van der Waals surface area (Å²) < 4.78 is 28.3. The molecule has 1 saturated carbocycles. The molecular weight excluding hydrogens is 330 g/mol. The van der Waals surface area contributed by atoms with Crippen LogP contribution in [0.1, 0.15) is 54.8 Å². The van der Waals surface area contributed by atoms with E-state index in [1.54, 1.807) is 4.31 Å². The van der Waals surface area contributed by atoms with E-state index in [1.807, 2.05) is 42.5 Å². The topological polar surface area (TPSA) is 37.4 Å². The molecule has 0 aromatic heterocycles. The lowest BCUT2D eigenvalue weighted by molar-refractivity contribution is 0.207. The summed E-state index contributed by atoms with van der Waals surface area (Å²) in [5, 5.41) is 0. The predicted molar refractivity (Wildman–Crippen MR) is 100 cm³/mol. The van der Waals surface area contributed by atoms with Crippen LogP contribution in [0.5, 0.6) is 0 Å². The van der Waals surface area contributed by atoms with Crippen LogP contribution >= 0.6 is 0 Å². The first-order valence-electron chi connectivity index (χ1n) is 9.26. The number of rotatable bonds is 4. The zero-order valence-corrected chi connectivity index (χ0v) is 15.3. The van der Waals surface area contributed by atoms with Crippen molar-refractivity contribution in [3.63, 3.8) is 0 Å². The van der Waals surface area contributed by atoms with E-state index in [2.05, 4.69) is 12.1 Å². The molecule has 4 rings (SSSR count). The standard InChI is InChI=1S/C21H25NO2S/c23-25(24,16-17-9-3-1-4-10-17)22-15-19-13-7-8-14-20(19)21(22)18-11-5-2-6-12-18/h1,3-4,7-10,13-14,18,21H,2,5-6,11-12,15-16H2. The molecule has 0 radical (unpaired) electrons. The van der Waals surface area contributed by atoms with Gasteiger partial charge >= 0.3 is 0 Å². The molecule has 0 saturated heterocycles. The molecule has 1 heterocycles.